The fourth-order valence-electron chi connectivity index (χ4n) is 3.09. The second-order valence-electron chi connectivity index (χ2n) is 6.78. The van der Waals surface area contributed by atoms with Gasteiger partial charge in [-0.05, 0) is 29.8 Å². The van der Waals surface area contributed by atoms with Crippen LogP contribution in [0.3, 0.4) is 0 Å². The molecular formula is C20H23N3O7. The largest absolute Gasteiger partial charge is 0.454 e. The number of carbonyl (C=O) groups is 1. The first-order valence-corrected chi connectivity index (χ1v) is 9.25. The summed E-state index contributed by atoms with van der Waals surface area (Å²) < 4.78 is 16.1. The minimum atomic E-state index is -0.873. The molecule has 3 rings (SSSR count). The molecule has 0 saturated heterocycles. The first kappa shape index (κ1) is 21.3. The molecule has 2 aromatic carbocycles. The van der Waals surface area contributed by atoms with E-state index >= 15 is 0 Å². The average molecular weight is 417 g/mol. The van der Waals surface area contributed by atoms with Gasteiger partial charge in [-0.3, -0.25) is 14.9 Å². The van der Waals surface area contributed by atoms with E-state index in [-0.39, 0.29) is 37.8 Å². The lowest BCUT2D eigenvalue weighted by Gasteiger charge is -2.22. The Hall–Kier alpha value is -3.37. The van der Waals surface area contributed by atoms with Crippen LogP contribution in [0.4, 0.5) is 11.4 Å². The number of benzene rings is 2. The third kappa shape index (κ3) is 4.97. The standard InChI is InChI=1S/C20H23N3O7/c1-21-20(25)14-4-5-16(17(8-14)23(26)27)22(2)9-15(24)11-28-10-13-3-6-18-19(7-13)30-12-29-18/h3-8,15,24H,9-12H2,1-2H3,(H,21,25)/t15-/m0/s1. The van der Waals surface area contributed by atoms with Crippen molar-refractivity contribution in [3.63, 3.8) is 0 Å². The third-order valence-corrected chi connectivity index (χ3v) is 4.57. The van der Waals surface area contributed by atoms with E-state index in [9.17, 15) is 20.0 Å². The van der Waals surface area contributed by atoms with Crippen molar-refractivity contribution in [2.24, 2.45) is 0 Å². The Bertz CT molecular complexity index is 935. The smallest absolute Gasteiger partial charge is 0.293 e. The molecule has 1 aliphatic rings. The maximum atomic E-state index is 11.7. The predicted octanol–water partition coefficient (Wildman–Crippen LogP) is 1.70. The van der Waals surface area contributed by atoms with Gasteiger partial charge in [0.2, 0.25) is 6.79 Å². The monoisotopic (exact) mass is 417 g/mol. The zero-order valence-electron chi connectivity index (χ0n) is 16.7. The summed E-state index contributed by atoms with van der Waals surface area (Å²) in [6, 6.07) is 9.67. The molecule has 1 aliphatic heterocycles. The van der Waals surface area contributed by atoms with Gasteiger partial charge >= 0.3 is 0 Å². The summed E-state index contributed by atoms with van der Waals surface area (Å²) in [7, 11) is 3.08. The summed E-state index contributed by atoms with van der Waals surface area (Å²) in [6.07, 6.45) is -0.873. The van der Waals surface area contributed by atoms with Crippen LogP contribution in [-0.2, 0) is 11.3 Å². The normalized spacial score (nSPS) is 13.0. The van der Waals surface area contributed by atoms with Crippen LogP contribution in [0.15, 0.2) is 36.4 Å². The zero-order valence-corrected chi connectivity index (χ0v) is 16.7. The number of nitrogens with one attached hydrogen (secondary N) is 1. The highest BCUT2D eigenvalue weighted by molar-refractivity contribution is 5.95. The summed E-state index contributed by atoms with van der Waals surface area (Å²) in [5.41, 5.74) is 1.14. The summed E-state index contributed by atoms with van der Waals surface area (Å²) >= 11 is 0. The number of aliphatic hydroxyl groups is 1. The Morgan fingerprint density at radius 2 is 2.07 bits per heavy atom. The third-order valence-electron chi connectivity index (χ3n) is 4.57. The van der Waals surface area contributed by atoms with Gasteiger partial charge in [0.05, 0.1) is 24.2 Å². The van der Waals surface area contributed by atoms with Gasteiger partial charge in [0, 0.05) is 32.3 Å². The van der Waals surface area contributed by atoms with Gasteiger partial charge in [0.25, 0.3) is 11.6 Å². The van der Waals surface area contributed by atoms with Crippen LogP contribution in [0, 0.1) is 10.1 Å². The maximum Gasteiger partial charge on any atom is 0.293 e. The van der Waals surface area contributed by atoms with E-state index in [2.05, 4.69) is 5.32 Å². The number of nitrogens with zero attached hydrogens (tertiary/aromatic N) is 2. The summed E-state index contributed by atoms with van der Waals surface area (Å²) in [6.45, 7) is 0.628. The van der Waals surface area contributed by atoms with Crippen LogP contribution in [0.1, 0.15) is 15.9 Å². The first-order chi connectivity index (χ1) is 14.4. The fourth-order valence-corrected chi connectivity index (χ4v) is 3.09. The van der Waals surface area contributed by atoms with E-state index < -0.39 is 16.9 Å². The van der Waals surface area contributed by atoms with Gasteiger partial charge in [-0.25, -0.2) is 0 Å². The van der Waals surface area contributed by atoms with Crippen LogP contribution in [-0.4, -0.2) is 56.1 Å². The van der Waals surface area contributed by atoms with Gasteiger partial charge < -0.3 is 29.5 Å². The molecule has 1 atom stereocenters. The second kappa shape index (κ2) is 9.42. The van der Waals surface area contributed by atoms with Crippen molar-refractivity contribution in [3.8, 4) is 11.5 Å². The minimum absolute atomic E-state index is 0.0445. The molecule has 0 spiro atoms. The highest BCUT2D eigenvalue weighted by Gasteiger charge is 2.21. The van der Waals surface area contributed by atoms with Gasteiger partial charge in [0.15, 0.2) is 11.5 Å². The lowest BCUT2D eigenvalue weighted by Crippen LogP contribution is -2.32. The van der Waals surface area contributed by atoms with Gasteiger partial charge in [0.1, 0.15) is 5.69 Å². The molecule has 0 unspecified atom stereocenters. The van der Waals surface area contributed by atoms with E-state index in [0.29, 0.717) is 17.2 Å². The maximum absolute atomic E-state index is 11.7. The number of hydrogen-bond donors (Lipinski definition) is 2. The molecule has 2 N–H and O–H groups in total. The topological polar surface area (TPSA) is 123 Å². The Labute approximate surface area is 173 Å². The van der Waals surface area contributed by atoms with Crippen LogP contribution < -0.4 is 19.7 Å². The van der Waals surface area contributed by atoms with Crippen molar-refractivity contribution in [2.45, 2.75) is 12.7 Å². The number of nitro benzene ring substituents is 1. The van der Waals surface area contributed by atoms with E-state index in [1.54, 1.807) is 18.0 Å². The molecular weight excluding hydrogens is 394 g/mol. The van der Waals surface area contributed by atoms with Crippen molar-refractivity contribution >= 4 is 17.3 Å². The quantitative estimate of drug-likeness (QED) is 0.467. The van der Waals surface area contributed by atoms with E-state index in [0.717, 1.165) is 5.56 Å². The van der Waals surface area contributed by atoms with Crippen molar-refractivity contribution in [1.29, 1.82) is 0 Å². The zero-order chi connectivity index (χ0) is 21.7. The summed E-state index contributed by atoms with van der Waals surface area (Å²) in [4.78, 5) is 24.2. The van der Waals surface area contributed by atoms with Crippen LogP contribution in [0.25, 0.3) is 0 Å². The number of fused-ring (bicyclic) bond motifs is 1. The van der Waals surface area contributed by atoms with Crippen molar-refractivity contribution in [3.05, 3.63) is 57.6 Å². The van der Waals surface area contributed by atoms with Crippen molar-refractivity contribution < 1.29 is 29.0 Å². The Kier molecular flexibility index (Phi) is 6.70. The van der Waals surface area contributed by atoms with E-state index in [1.165, 1.54) is 25.2 Å². The lowest BCUT2D eigenvalue weighted by molar-refractivity contribution is -0.384. The molecule has 10 nitrogen and oxygen atoms in total. The van der Waals surface area contributed by atoms with Crippen LogP contribution in [0.2, 0.25) is 0 Å². The van der Waals surface area contributed by atoms with Gasteiger partial charge in [-0.2, -0.15) is 0 Å². The lowest BCUT2D eigenvalue weighted by atomic mass is 10.1. The molecule has 0 aromatic heterocycles. The molecule has 0 radical (unpaired) electrons. The summed E-state index contributed by atoms with van der Waals surface area (Å²) in [5.74, 6) is 0.928. The number of ether oxygens (including phenoxy) is 3. The number of hydrogen-bond acceptors (Lipinski definition) is 8. The van der Waals surface area contributed by atoms with Crippen molar-refractivity contribution in [1.82, 2.24) is 5.32 Å². The molecule has 1 heterocycles. The van der Waals surface area contributed by atoms with E-state index in [4.69, 9.17) is 14.2 Å². The van der Waals surface area contributed by atoms with Crippen LogP contribution in [0.5, 0.6) is 11.5 Å². The van der Waals surface area contributed by atoms with Crippen LogP contribution >= 0.6 is 0 Å². The molecule has 10 heteroatoms. The number of likely N-dealkylation sites (N-methyl/N-ethyl adjacent to an activating group) is 1. The number of anilines is 1. The molecule has 0 saturated carbocycles. The Balaban J connectivity index is 1.56. The number of aliphatic hydroxyl groups excluding tert-OH is 1. The molecule has 0 fully saturated rings. The van der Waals surface area contributed by atoms with Gasteiger partial charge in [-0.1, -0.05) is 6.07 Å². The SMILES string of the molecule is CNC(=O)c1ccc(N(C)C[C@H](O)COCc2ccc3c(c2)OCO3)c([N+](=O)[O-])c1. The summed E-state index contributed by atoms with van der Waals surface area (Å²) in [5, 5.41) is 24.1. The number of rotatable bonds is 9. The van der Waals surface area contributed by atoms with Crippen molar-refractivity contribution in [2.75, 3.05) is 38.9 Å². The number of carbonyl (C=O) groups excluding carboxylic acids is 1. The predicted molar refractivity (Wildman–Crippen MR) is 108 cm³/mol. The molecule has 1 amide bonds. The molecule has 30 heavy (non-hydrogen) atoms. The fraction of sp³-hybridized carbons (Fsp3) is 0.350. The molecule has 2 aromatic rings. The second-order valence-corrected chi connectivity index (χ2v) is 6.78. The average Bonchev–Trinajstić information content (AvgIpc) is 3.20. The minimum Gasteiger partial charge on any atom is -0.454 e. The first-order valence-electron chi connectivity index (χ1n) is 9.25. The number of amides is 1. The molecule has 0 aliphatic carbocycles. The highest BCUT2D eigenvalue weighted by atomic mass is 16.7. The number of nitro groups is 1. The molecule has 0 bridgehead atoms. The van der Waals surface area contributed by atoms with Gasteiger partial charge in [-0.15, -0.1) is 0 Å². The molecule has 160 valence electrons. The Morgan fingerprint density at radius 1 is 1.30 bits per heavy atom. The highest BCUT2D eigenvalue weighted by Crippen LogP contribution is 2.32. The Morgan fingerprint density at radius 3 is 2.80 bits per heavy atom. The van der Waals surface area contributed by atoms with E-state index in [1.807, 2.05) is 12.1 Å².